The highest BCUT2D eigenvalue weighted by Crippen LogP contribution is 2.44. The van der Waals surface area contributed by atoms with Crippen LogP contribution in [0, 0.1) is 19.3 Å². The van der Waals surface area contributed by atoms with Gasteiger partial charge >= 0.3 is 13.2 Å². The molecule has 0 unspecified atom stereocenters. The molecular weight excluding hydrogens is 451 g/mol. The van der Waals surface area contributed by atoms with Crippen molar-refractivity contribution in [3.05, 3.63) is 88.5 Å². The van der Waals surface area contributed by atoms with Gasteiger partial charge in [-0.05, 0) is 57.9 Å². The third kappa shape index (κ3) is 4.63. The van der Waals surface area contributed by atoms with Crippen LogP contribution in [0.25, 0.3) is 11.1 Å². The zero-order valence-corrected chi connectivity index (χ0v) is 20.4. The Balaban J connectivity index is 1.19. The molecule has 0 aromatic heterocycles. The van der Waals surface area contributed by atoms with Crippen LogP contribution in [-0.2, 0) is 11.3 Å². The number of terminal acetylenes is 1. The molecule has 0 bridgehead atoms. The van der Waals surface area contributed by atoms with E-state index in [4.69, 9.17) is 11.2 Å². The van der Waals surface area contributed by atoms with Gasteiger partial charge in [-0.1, -0.05) is 54.5 Å². The SMILES string of the molecule is C#Cc1cc(CN2CCN(C(=O)OCC3c4ccccc4-c4ccccc43)CC2)c(C)c(B(O)O)c1. The lowest BCUT2D eigenvalue weighted by Crippen LogP contribution is -2.48. The molecule has 0 saturated carbocycles. The van der Waals surface area contributed by atoms with Crippen molar-refractivity contribution in [2.24, 2.45) is 0 Å². The summed E-state index contributed by atoms with van der Waals surface area (Å²) < 4.78 is 5.81. The van der Waals surface area contributed by atoms with Gasteiger partial charge in [-0.25, -0.2) is 4.79 Å². The van der Waals surface area contributed by atoms with E-state index in [1.54, 1.807) is 11.0 Å². The third-order valence-electron chi connectivity index (χ3n) is 7.36. The summed E-state index contributed by atoms with van der Waals surface area (Å²) in [6, 6.07) is 20.2. The Bertz CT molecular complexity index is 1280. The summed E-state index contributed by atoms with van der Waals surface area (Å²) in [6.45, 7) is 5.34. The molecule has 1 fully saturated rings. The zero-order valence-electron chi connectivity index (χ0n) is 20.4. The van der Waals surface area contributed by atoms with Crippen molar-refractivity contribution in [1.82, 2.24) is 9.80 Å². The number of fused-ring (bicyclic) bond motifs is 3. The molecule has 3 aromatic rings. The van der Waals surface area contributed by atoms with Crippen LogP contribution in [0.5, 0.6) is 0 Å². The molecule has 7 heteroatoms. The first-order valence-electron chi connectivity index (χ1n) is 12.2. The molecule has 1 saturated heterocycles. The highest BCUT2D eigenvalue weighted by molar-refractivity contribution is 6.59. The largest absolute Gasteiger partial charge is 0.488 e. The molecule has 2 N–H and O–H groups in total. The Hall–Kier alpha value is -3.57. The van der Waals surface area contributed by atoms with Crippen molar-refractivity contribution in [2.75, 3.05) is 32.8 Å². The molecule has 6 nitrogen and oxygen atoms in total. The van der Waals surface area contributed by atoms with Gasteiger partial charge in [-0.2, -0.15) is 0 Å². The van der Waals surface area contributed by atoms with Gasteiger partial charge in [-0.3, -0.25) is 4.90 Å². The molecule has 1 heterocycles. The van der Waals surface area contributed by atoms with Crippen molar-refractivity contribution in [2.45, 2.75) is 19.4 Å². The highest BCUT2D eigenvalue weighted by Gasteiger charge is 2.30. The normalized spacial score (nSPS) is 15.2. The van der Waals surface area contributed by atoms with Crippen LogP contribution in [0.2, 0.25) is 0 Å². The Morgan fingerprint density at radius 1 is 1.03 bits per heavy atom. The van der Waals surface area contributed by atoms with Gasteiger partial charge in [0.05, 0.1) is 0 Å². The molecule has 1 amide bonds. The maximum absolute atomic E-state index is 12.9. The summed E-state index contributed by atoms with van der Waals surface area (Å²) in [6.07, 6.45) is 5.28. The van der Waals surface area contributed by atoms with Crippen molar-refractivity contribution in [3.8, 4) is 23.5 Å². The molecule has 0 radical (unpaired) electrons. The van der Waals surface area contributed by atoms with Crippen LogP contribution < -0.4 is 5.46 Å². The fraction of sp³-hybridized carbons (Fsp3) is 0.276. The van der Waals surface area contributed by atoms with E-state index in [-0.39, 0.29) is 12.0 Å². The van der Waals surface area contributed by atoms with Gasteiger partial charge in [0.2, 0.25) is 0 Å². The summed E-state index contributed by atoms with van der Waals surface area (Å²) in [5, 5.41) is 19.4. The molecule has 1 aliphatic heterocycles. The predicted molar refractivity (Wildman–Crippen MR) is 141 cm³/mol. The Labute approximate surface area is 212 Å². The number of rotatable bonds is 5. The van der Waals surface area contributed by atoms with Crippen molar-refractivity contribution < 1.29 is 19.6 Å². The smallest absolute Gasteiger partial charge is 0.448 e. The molecular formula is C29H29BN2O4. The molecule has 5 rings (SSSR count). The van der Waals surface area contributed by atoms with Gasteiger partial charge in [0.25, 0.3) is 0 Å². The number of piperazine rings is 1. The van der Waals surface area contributed by atoms with Crippen molar-refractivity contribution in [3.63, 3.8) is 0 Å². The second kappa shape index (κ2) is 10.2. The maximum atomic E-state index is 12.9. The molecule has 36 heavy (non-hydrogen) atoms. The summed E-state index contributed by atoms with van der Waals surface area (Å²) in [5.74, 6) is 2.63. The number of ether oxygens (including phenoxy) is 1. The predicted octanol–water partition coefficient (Wildman–Crippen LogP) is 2.72. The highest BCUT2D eigenvalue weighted by atomic mass is 16.6. The number of carbonyl (C=O) groups excluding carboxylic acids is 1. The number of benzene rings is 3. The topological polar surface area (TPSA) is 73.2 Å². The number of carbonyl (C=O) groups is 1. The van der Waals surface area contributed by atoms with E-state index in [1.165, 1.54) is 22.3 Å². The van der Waals surface area contributed by atoms with E-state index < -0.39 is 7.12 Å². The quantitative estimate of drug-likeness (QED) is 0.434. The summed E-state index contributed by atoms with van der Waals surface area (Å²) in [4.78, 5) is 16.9. The first kappa shape index (κ1) is 24.1. The second-order valence-corrected chi connectivity index (χ2v) is 9.43. The third-order valence-corrected chi connectivity index (χ3v) is 7.36. The Morgan fingerprint density at radius 3 is 2.22 bits per heavy atom. The standard InChI is InChI=1S/C29H29BN2O4/c1-3-21-16-22(20(2)28(17-21)30(34)35)18-31-12-14-32(15-13-31)29(33)36-19-27-25-10-6-4-8-23(25)24-9-5-7-11-26(24)27/h1,4-11,16-17,27,34-35H,12-15,18-19H2,2H3. The van der Waals surface area contributed by atoms with Gasteiger partial charge in [0.15, 0.2) is 0 Å². The van der Waals surface area contributed by atoms with E-state index in [2.05, 4.69) is 35.1 Å². The maximum Gasteiger partial charge on any atom is 0.488 e. The number of amides is 1. The summed E-state index contributed by atoms with van der Waals surface area (Å²) >= 11 is 0. The lowest BCUT2D eigenvalue weighted by atomic mass is 9.75. The van der Waals surface area contributed by atoms with Crippen LogP contribution >= 0.6 is 0 Å². The zero-order chi connectivity index (χ0) is 25.2. The minimum Gasteiger partial charge on any atom is -0.448 e. The van der Waals surface area contributed by atoms with Crippen LogP contribution in [0.4, 0.5) is 4.79 Å². The summed E-state index contributed by atoms with van der Waals surface area (Å²) in [7, 11) is -1.57. The van der Waals surface area contributed by atoms with E-state index in [1.807, 2.05) is 37.3 Å². The van der Waals surface area contributed by atoms with E-state index >= 15 is 0 Å². The minimum atomic E-state index is -1.57. The average Bonchev–Trinajstić information content (AvgIpc) is 3.22. The van der Waals surface area contributed by atoms with Crippen LogP contribution in [-0.4, -0.2) is 65.8 Å². The minimum absolute atomic E-state index is 0.0464. The first-order valence-corrected chi connectivity index (χ1v) is 12.2. The molecule has 0 spiro atoms. The molecule has 182 valence electrons. The van der Waals surface area contributed by atoms with Crippen LogP contribution in [0.15, 0.2) is 60.7 Å². The van der Waals surface area contributed by atoms with Gasteiger partial charge < -0.3 is 19.7 Å². The molecule has 3 aromatic carbocycles. The van der Waals surface area contributed by atoms with Gasteiger partial charge in [0.1, 0.15) is 6.61 Å². The summed E-state index contributed by atoms with van der Waals surface area (Å²) in [5.41, 5.74) is 7.66. The van der Waals surface area contributed by atoms with Crippen molar-refractivity contribution >= 4 is 18.7 Å². The monoisotopic (exact) mass is 480 g/mol. The van der Waals surface area contributed by atoms with E-state index in [0.29, 0.717) is 50.4 Å². The van der Waals surface area contributed by atoms with E-state index in [0.717, 1.165) is 11.1 Å². The van der Waals surface area contributed by atoms with Gasteiger partial charge in [-0.15, -0.1) is 6.42 Å². The van der Waals surface area contributed by atoms with Crippen molar-refractivity contribution in [1.29, 1.82) is 0 Å². The first-order chi connectivity index (χ1) is 17.5. The Kier molecular flexibility index (Phi) is 6.84. The lowest BCUT2D eigenvalue weighted by molar-refractivity contribution is 0.0728. The molecule has 0 atom stereocenters. The Morgan fingerprint density at radius 2 is 1.64 bits per heavy atom. The lowest BCUT2D eigenvalue weighted by Gasteiger charge is -2.34. The van der Waals surface area contributed by atoms with E-state index in [9.17, 15) is 14.8 Å². The number of nitrogens with zero attached hydrogens (tertiary/aromatic N) is 2. The molecule has 2 aliphatic rings. The number of hydrogen-bond donors (Lipinski definition) is 2. The number of hydrogen-bond acceptors (Lipinski definition) is 5. The average molecular weight is 480 g/mol. The molecule has 1 aliphatic carbocycles. The fourth-order valence-electron chi connectivity index (χ4n) is 5.33. The van der Waals surface area contributed by atoms with Crippen LogP contribution in [0.3, 0.4) is 0 Å². The second-order valence-electron chi connectivity index (χ2n) is 9.43. The fourth-order valence-corrected chi connectivity index (χ4v) is 5.33. The van der Waals surface area contributed by atoms with Gasteiger partial charge in [0, 0.05) is 44.2 Å². The van der Waals surface area contributed by atoms with Crippen LogP contribution in [0.1, 0.15) is 33.7 Å².